The summed E-state index contributed by atoms with van der Waals surface area (Å²) >= 11 is 0. The summed E-state index contributed by atoms with van der Waals surface area (Å²) in [6.45, 7) is 3.28. The van der Waals surface area contributed by atoms with Crippen LogP contribution in [0.3, 0.4) is 0 Å². The molecule has 0 saturated carbocycles. The molecule has 2 heterocycles. The van der Waals surface area contributed by atoms with Crippen molar-refractivity contribution < 1.29 is 18.0 Å². The number of rotatable bonds is 3. The zero-order valence-electron chi connectivity index (χ0n) is 14.9. The molecular weight excluding hydrogens is 357 g/mol. The predicted octanol–water partition coefficient (Wildman–Crippen LogP) is 4.37. The Morgan fingerprint density at radius 2 is 1.89 bits per heavy atom. The van der Waals surface area contributed by atoms with Gasteiger partial charge in [0.1, 0.15) is 0 Å². The van der Waals surface area contributed by atoms with E-state index in [1.54, 1.807) is 51.4 Å². The molecule has 1 N–H and O–H groups in total. The molecule has 8 heteroatoms. The van der Waals surface area contributed by atoms with Gasteiger partial charge in [0.2, 0.25) is 0 Å². The smallest absolute Gasteiger partial charge is 0.321 e. The molecule has 0 atom stereocenters. The Labute approximate surface area is 153 Å². The minimum absolute atomic E-state index is 0.349. The maximum absolute atomic E-state index is 12.9. The van der Waals surface area contributed by atoms with Crippen LogP contribution in [-0.4, -0.2) is 20.7 Å². The number of amides is 1. The van der Waals surface area contributed by atoms with Gasteiger partial charge in [-0.15, -0.1) is 0 Å². The summed E-state index contributed by atoms with van der Waals surface area (Å²) in [5.74, 6) is -0.349. The molecule has 5 nitrogen and oxygen atoms in total. The summed E-state index contributed by atoms with van der Waals surface area (Å²) in [5.41, 5.74) is 1.93. The van der Waals surface area contributed by atoms with Crippen molar-refractivity contribution in [2.45, 2.75) is 20.0 Å². The number of hydrogen-bond donors (Lipinski definition) is 1. The van der Waals surface area contributed by atoms with E-state index in [-0.39, 0.29) is 5.91 Å². The Morgan fingerprint density at radius 3 is 2.48 bits per heavy atom. The average Bonchev–Trinajstić information content (AvgIpc) is 2.93. The number of carbonyl (C=O) groups excluding carboxylic acids is 1. The molecule has 140 valence electrons. The lowest BCUT2D eigenvalue weighted by Crippen LogP contribution is -2.13. The number of aryl methyl sites for hydroxylation is 3. The molecule has 0 bridgehead atoms. The first-order chi connectivity index (χ1) is 12.7. The Bertz CT molecular complexity index is 1010. The molecule has 1 amide bonds. The largest absolute Gasteiger partial charge is 0.417 e. The highest BCUT2D eigenvalue weighted by molar-refractivity contribution is 6.06. The highest BCUT2D eigenvalue weighted by Crippen LogP contribution is 2.34. The van der Waals surface area contributed by atoms with Crippen LogP contribution in [0, 0.1) is 13.8 Å². The van der Waals surface area contributed by atoms with Gasteiger partial charge in [-0.05, 0) is 31.5 Å². The van der Waals surface area contributed by atoms with Gasteiger partial charge < -0.3 is 5.32 Å². The average molecular weight is 374 g/mol. The number of halogens is 3. The lowest BCUT2D eigenvalue weighted by atomic mass is 10.0. The molecule has 0 unspecified atom stereocenters. The second-order valence-corrected chi connectivity index (χ2v) is 6.19. The second-order valence-electron chi connectivity index (χ2n) is 6.19. The van der Waals surface area contributed by atoms with Crippen molar-refractivity contribution in [3.63, 3.8) is 0 Å². The molecule has 0 aliphatic heterocycles. The van der Waals surface area contributed by atoms with Gasteiger partial charge in [0.25, 0.3) is 5.91 Å². The summed E-state index contributed by atoms with van der Waals surface area (Å²) in [6, 6.07) is 7.89. The Balaban J connectivity index is 1.97. The van der Waals surface area contributed by atoms with Crippen LogP contribution in [-0.2, 0) is 13.2 Å². The lowest BCUT2D eigenvalue weighted by molar-refractivity contribution is -0.137. The van der Waals surface area contributed by atoms with Crippen molar-refractivity contribution in [1.82, 2.24) is 14.8 Å². The van der Waals surface area contributed by atoms with E-state index in [0.717, 1.165) is 12.3 Å². The molecule has 0 saturated heterocycles. The topological polar surface area (TPSA) is 59.8 Å². The van der Waals surface area contributed by atoms with Gasteiger partial charge in [-0.3, -0.25) is 14.5 Å². The molecule has 3 rings (SSSR count). The molecule has 0 aliphatic carbocycles. The fourth-order valence-electron chi connectivity index (χ4n) is 2.82. The van der Waals surface area contributed by atoms with Crippen LogP contribution in [0.5, 0.6) is 0 Å². The van der Waals surface area contributed by atoms with E-state index in [1.165, 1.54) is 4.68 Å². The summed E-state index contributed by atoms with van der Waals surface area (Å²) in [5, 5.41) is 6.94. The first-order valence-electron chi connectivity index (χ1n) is 8.11. The monoisotopic (exact) mass is 374 g/mol. The normalized spacial score (nSPS) is 11.5. The van der Waals surface area contributed by atoms with Gasteiger partial charge in [0.15, 0.2) is 0 Å². The minimum Gasteiger partial charge on any atom is -0.321 e. The Hall–Kier alpha value is -3.16. The summed E-state index contributed by atoms with van der Waals surface area (Å²) in [6.07, 6.45) is -2.05. The number of carbonyl (C=O) groups is 1. The highest BCUT2D eigenvalue weighted by Gasteiger charge is 2.31. The summed E-state index contributed by atoms with van der Waals surface area (Å²) < 4.78 is 40.2. The molecule has 0 spiro atoms. The third kappa shape index (κ3) is 3.84. The number of nitrogens with one attached hydrogen (secondary N) is 1. The van der Waals surface area contributed by atoms with E-state index in [2.05, 4.69) is 15.4 Å². The van der Waals surface area contributed by atoms with Crippen molar-refractivity contribution >= 4 is 11.6 Å². The standard InChI is InChI=1S/C19H17F3N4O/c1-11-8-13(19(20,21)22)9-23-17(11)14-6-4-5-7-16(14)24-18(27)15-10-26(3)25-12(15)2/h4-10H,1-3H3,(H,24,27). The van der Waals surface area contributed by atoms with Crippen molar-refractivity contribution in [3.8, 4) is 11.3 Å². The fourth-order valence-corrected chi connectivity index (χ4v) is 2.82. The maximum atomic E-state index is 12.9. The predicted molar refractivity (Wildman–Crippen MR) is 95.3 cm³/mol. The van der Waals surface area contributed by atoms with Crippen LogP contribution < -0.4 is 5.32 Å². The van der Waals surface area contributed by atoms with Crippen LogP contribution in [0.1, 0.15) is 27.2 Å². The molecular formula is C19H17F3N4O. The van der Waals surface area contributed by atoms with E-state index in [4.69, 9.17) is 0 Å². The third-order valence-electron chi connectivity index (χ3n) is 4.09. The van der Waals surface area contributed by atoms with Gasteiger partial charge in [-0.2, -0.15) is 18.3 Å². The number of alkyl halides is 3. The number of para-hydroxylation sites is 1. The van der Waals surface area contributed by atoms with E-state index < -0.39 is 11.7 Å². The SMILES string of the molecule is Cc1cc(C(F)(F)F)cnc1-c1ccccc1NC(=O)c1cn(C)nc1C. The number of pyridine rings is 1. The number of nitrogens with zero attached hydrogens (tertiary/aromatic N) is 3. The van der Waals surface area contributed by atoms with E-state index >= 15 is 0 Å². The van der Waals surface area contributed by atoms with E-state index in [0.29, 0.717) is 33.8 Å². The van der Waals surface area contributed by atoms with Gasteiger partial charge in [-0.1, -0.05) is 18.2 Å². The molecule has 27 heavy (non-hydrogen) atoms. The van der Waals surface area contributed by atoms with Crippen LogP contribution in [0.2, 0.25) is 0 Å². The first kappa shape index (κ1) is 18.6. The third-order valence-corrected chi connectivity index (χ3v) is 4.09. The number of benzene rings is 1. The van der Waals surface area contributed by atoms with Gasteiger partial charge >= 0.3 is 6.18 Å². The van der Waals surface area contributed by atoms with Crippen LogP contribution >= 0.6 is 0 Å². The Kier molecular flexibility index (Phi) is 4.73. The van der Waals surface area contributed by atoms with Crippen LogP contribution in [0.4, 0.5) is 18.9 Å². The van der Waals surface area contributed by atoms with Crippen molar-refractivity contribution in [1.29, 1.82) is 0 Å². The van der Waals surface area contributed by atoms with E-state index in [1.807, 2.05) is 0 Å². The molecule has 1 aromatic carbocycles. The zero-order chi connectivity index (χ0) is 19.8. The Morgan fingerprint density at radius 1 is 1.19 bits per heavy atom. The molecule has 0 fully saturated rings. The van der Waals surface area contributed by atoms with E-state index in [9.17, 15) is 18.0 Å². The van der Waals surface area contributed by atoms with Gasteiger partial charge in [-0.25, -0.2) is 0 Å². The van der Waals surface area contributed by atoms with Crippen molar-refractivity contribution in [3.05, 3.63) is 65.1 Å². The number of aromatic nitrogens is 3. The van der Waals surface area contributed by atoms with Crippen molar-refractivity contribution in [2.75, 3.05) is 5.32 Å². The van der Waals surface area contributed by atoms with Crippen LogP contribution in [0.15, 0.2) is 42.7 Å². The zero-order valence-corrected chi connectivity index (χ0v) is 14.9. The quantitative estimate of drug-likeness (QED) is 0.741. The molecule has 3 aromatic rings. The highest BCUT2D eigenvalue weighted by atomic mass is 19.4. The number of anilines is 1. The number of hydrogen-bond acceptors (Lipinski definition) is 3. The molecule has 2 aromatic heterocycles. The summed E-state index contributed by atoms with van der Waals surface area (Å²) in [4.78, 5) is 16.6. The maximum Gasteiger partial charge on any atom is 0.417 e. The van der Waals surface area contributed by atoms with Gasteiger partial charge in [0.05, 0.1) is 28.2 Å². The fraction of sp³-hybridized carbons (Fsp3) is 0.211. The summed E-state index contributed by atoms with van der Waals surface area (Å²) in [7, 11) is 1.72. The minimum atomic E-state index is -4.46. The second kappa shape index (κ2) is 6.86. The first-order valence-corrected chi connectivity index (χ1v) is 8.11. The van der Waals surface area contributed by atoms with Crippen LogP contribution in [0.25, 0.3) is 11.3 Å². The molecule has 0 radical (unpaired) electrons. The van der Waals surface area contributed by atoms with Gasteiger partial charge in [0, 0.05) is 25.0 Å². The lowest BCUT2D eigenvalue weighted by Gasteiger charge is -2.14. The van der Waals surface area contributed by atoms with Crippen molar-refractivity contribution in [2.24, 2.45) is 7.05 Å². The molecule has 0 aliphatic rings.